The fraction of sp³-hybridized carbons (Fsp3) is 0.250. The van der Waals surface area contributed by atoms with Crippen LogP contribution in [0, 0.1) is 0 Å². The van der Waals surface area contributed by atoms with E-state index in [1.54, 1.807) is 7.11 Å². The van der Waals surface area contributed by atoms with Crippen molar-refractivity contribution in [3.8, 4) is 17.1 Å². The fourth-order valence-electron chi connectivity index (χ4n) is 2.63. The molecule has 3 rings (SSSR count). The first-order valence-electron chi connectivity index (χ1n) is 8.64. The van der Waals surface area contributed by atoms with E-state index in [4.69, 9.17) is 4.74 Å². The Bertz CT molecular complexity index is 896. The summed E-state index contributed by atoms with van der Waals surface area (Å²) in [5, 5.41) is 12.1. The van der Waals surface area contributed by atoms with Gasteiger partial charge in [-0.2, -0.15) is 0 Å². The van der Waals surface area contributed by atoms with Crippen LogP contribution in [0.3, 0.4) is 0 Å². The van der Waals surface area contributed by atoms with Crippen molar-refractivity contribution in [1.29, 1.82) is 0 Å². The van der Waals surface area contributed by atoms with Gasteiger partial charge in [0.25, 0.3) is 0 Å². The molecule has 0 bridgehead atoms. The number of ether oxygens (including phenoxy) is 1. The van der Waals surface area contributed by atoms with Gasteiger partial charge >= 0.3 is 0 Å². The second-order valence-corrected chi connectivity index (χ2v) is 6.91. The lowest BCUT2D eigenvalue weighted by molar-refractivity contribution is -0.118. The first-order chi connectivity index (χ1) is 13.2. The monoisotopic (exact) mass is 382 g/mol. The highest BCUT2D eigenvalue weighted by Crippen LogP contribution is 2.25. The quantitative estimate of drug-likeness (QED) is 0.607. The predicted octanol–water partition coefficient (Wildman–Crippen LogP) is 2.94. The van der Waals surface area contributed by atoms with Crippen LogP contribution in [0.15, 0.2) is 59.8 Å². The number of benzene rings is 2. The summed E-state index contributed by atoms with van der Waals surface area (Å²) in [5.41, 5.74) is 2.13. The highest BCUT2D eigenvalue weighted by Gasteiger charge is 2.13. The Morgan fingerprint density at radius 3 is 2.74 bits per heavy atom. The Hall–Kier alpha value is -2.80. The smallest absolute Gasteiger partial charge is 0.230 e. The lowest BCUT2D eigenvalue weighted by atomic mass is 10.1. The standard InChI is InChI=1S/C20H22N4O2S/c1-24-19(16-9-6-10-17(13-16)26-2)22-23-20(24)27-14-18(25)21-12-11-15-7-4-3-5-8-15/h3-10,13H,11-12,14H2,1-2H3,(H,21,25). The highest BCUT2D eigenvalue weighted by atomic mass is 32.2. The van der Waals surface area contributed by atoms with Gasteiger partial charge in [0, 0.05) is 19.2 Å². The molecule has 1 heterocycles. The normalized spacial score (nSPS) is 10.6. The van der Waals surface area contributed by atoms with Gasteiger partial charge in [-0.05, 0) is 24.1 Å². The van der Waals surface area contributed by atoms with Crippen molar-refractivity contribution in [2.45, 2.75) is 11.6 Å². The van der Waals surface area contributed by atoms with E-state index in [0.717, 1.165) is 23.6 Å². The van der Waals surface area contributed by atoms with Crippen LogP contribution in [-0.4, -0.2) is 40.1 Å². The second kappa shape index (κ2) is 9.23. The van der Waals surface area contributed by atoms with Gasteiger partial charge in [-0.1, -0.05) is 54.2 Å². The Morgan fingerprint density at radius 2 is 1.96 bits per heavy atom. The third-order valence-corrected chi connectivity index (χ3v) is 5.09. The van der Waals surface area contributed by atoms with E-state index in [-0.39, 0.29) is 5.91 Å². The van der Waals surface area contributed by atoms with Crippen molar-refractivity contribution in [3.63, 3.8) is 0 Å². The van der Waals surface area contributed by atoms with Crippen molar-refractivity contribution in [3.05, 3.63) is 60.2 Å². The minimum atomic E-state index is -0.0122. The van der Waals surface area contributed by atoms with E-state index in [1.165, 1.54) is 17.3 Å². The molecule has 0 spiro atoms. The van der Waals surface area contributed by atoms with Crippen molar-refractivity contribution in [2.24, 2.45) is 7.05 Å². The third-order valence-electron chi connectivity index (χ3n) is 4.07. The van der Waals surface area contributed by atoms with Gasteiger partial charge in [-0.15, -0.1) is 10.2 Å². The number of amides is 1. The van der Waals surface area contributed by atoms with Crippen LogP contribution >= 0.6 is 11.8 Å². The van der Waals surface area contributed by atoms with Crippen molar-refractivity contribution >= 4 is 17.7 Å². The van der Waals surface area contributed by atoms with E-state index >= 15 is 0 Å². The SMILES string of the molecule is COc1cccc(-c2nnc(SCC(=O)NCCc3ccccc3)n2C)c1. The van der Waals surface area contributed by atoms with Gasteiger partial charge < -0.3 is 14.6 Å². The van der Waals surface area contributed by atoms with Gasteiger partial charge in [0.1, 0.15) is 5.75 Å². The molecule has 0 fully saturated rings. The van der Waals surface area contributed by atoms with E-state index < -0.39 is 0 Å². The molecule has 0 aliphatic rings. The van der Waals surface area contributed by atoms with Crippen molar-refractivity contribution < 1.29 is 9.53 Å². The summed E-state index contributed by atoms with van der Waals surface area (Å²) in [7, 11) is 3.53. The number of rotatable bonds is 8. The maximum absolute atomic E-state index is 12.1. The van der Waals surface area contributed by atoms with Gasteiger partial charge in [0.2, 0.25) is 5.91 Å². The molecule has 0 aliphatic carbocycles. The van der Waals surface area contributed by atoms with E-state index in [0.29, 0.717) is 17.5 Å². The minimum Gasteiger partial charge on any atom is -0.497 e. The number of methoxy groups -OCH3 is 1. The zero-order chi connectivity index (χ0) is 19.1. The van der Waals surface area contributed by atoms with Crippen LogP contribution in [-0.2, 0) is 18.3 Å². The molecule has 3 aromatic rings. The van der Waals surface area contributed by atoms with Crippen LogP contribution in [0.2, 0.25) is 0 Å². The lowest BCUT2D eigenvalue weighted by Gasteiger charge is -2.06. The third kappa shape index (κ3) is 5.10. The summed E-state index contributed by atoms with van der Waals surface area (Å²) >= 11 is 1.37. The highest BCUT2D eigenvalue weighted by molar-refractivity contribution is 7.99. The molecule has 6 nitrogen and oxygen atoms in total. The lowest BCUT2D eigenvalue weighted by Crippen LogP contribution is -2.27. The maximum Gasteiger partial charge on any atom is 0.230 e. The maximum atomic E-state index is 12.1. The van der Waals surface area contributed by atoms with Gasteiger partial charge in [0.15, 0.2) is 11.0 Å². The number of carbonyl (C=O) groups is 1. The number of nitrogens with one attached hydrogen (secondary N) is 1. The van der Waals surface area contributed by atoms with Gasteiger partial charge in [-0.3, -0.25) is 4.79 Å². The number of aromatic nitrogens is 3. The molecule has 1 N–H and O–H groups in total. The van der Waals surface area contributed by atoms with Crippen molar-refractivity contribution in [1.82, 2.24) is 20.1 Å². The van der Waals surface area contributed by atoms with Crippen LogP contribution in [0.25, 0.3) is 11.4 Å². The van der Waals surface area contributed by atoms with E-state index in [9.17, 15) is 4.79 Å². The summed E-state index contributed by atoms with van der Waals surface area (Å²) in [6.45, 7) is 0.622. The molecule has 0 saturated heterocycles. The van der Waals surface area contributed by atoms with Gasteiger partial charge in [0.05, 0.1) is 12.9 Å². The Balaban J connectivity index is 1.52. The topological polar surface area (TPSA) is 69.0 Å². The molecule has 0 saturated carbocycles. The molecule has 0 atom stereocenters. The number of nitrogens with zero attached hydrogens (tertiary/aromatic N) is 3. The number of hydrogen-bond donors (Lipinski definition) is 1. The molecule has 0 unspecified atom stereocenters. The summed E-state index contributed by atoms with van der Waals surface area (Å²) in [4.78, 5) is 12.1. The second-order valence-electron chi connectivity index (χ2n) is 5.97. The molecular formula is C20H22N4O2S. The molecule has 7 heteroatoms. The summed E-state index contributed by atoms with van der Waals surface area (Å²) < 4.78 is 7.14. The number of thioether (sulfide) groups is 1. The summed E-state index contributed by atoms with van der Waals surface area (Å²) in [5.74, 6) is 1.80. The average molecular weight is 382 g/mol. The molecular weight excluding hydrogens is 360 g/mol. The summed E-state index contributed by atoms with van der Waals surface area (Å²) in [6, 6.07) is 17.8. The van der Waals surface area contributed by atoms with Crippen LogP contribution in [0.1, 0.15) is 5.56 Å². The van der Waals surface area contributed by atoms with Crippen LogP contribution < -0.4 is 10.1 Å². The molecule has 1 amide bonds. The largest absolute Gasteiger partial charge is 0.497 e. The fourth-order valence-corrected chi connectivity index (χ4v) is 3.37. The van der Waals surface area contributed by atoms with Crippen molar-refractivity contribution in [2.75, 3.05) is 19.4 Å². The molecule has 140 valence electrons. The molecule has 2 aromatic carbocycles. The number of hydrogen-bond acceptors (Lipinski definition) is 5. The average Bonchev–Trinajstić information content (AvgIpc) is 3.07. The summed E-state index contributed by atoms with van der Waals surface area (Å²) in [6.07, 6.45) is 0.821. The Kier molecular flexibility index (Phi) is 6.49. The van der Waals surface area contributed by atoms with Crippen LogP contribution in [0.5, 0.6) is 5.75 Å². The zero-order valence-corrected chi connectivity index (χ0v) is 16.2. The Labute approximate surface area is 163 Å². The van der Waals surface area contributed by atoms with Gasteiger partial charge in [-0.25, -0.2) is 0 Å². The first kappa shape index (κ1) is 19.0. The van der Waals surface area contributed by atoms with E-state index in [1.807, 2.05) is 54.1 Å². The molecule has 0 radical (unpaired) electrons. The minimum absolute atomic E-state index is 0.0122. The first-order valence-corrected chi connectivity index (χ1v) is 9.63. The molecule has 1 aromatic heterocycles. The number of carbonyl (C=O) groups excluding carboxylic acids is 1. The Morgan fingerprint density at radius 1 is 1.15 bits per heavy atom. The van der Waals surface area contributed by atoms with E-state index in [2.05, 4.69) is 27.6 Å². The molecule has 27 heavy (non-hydrogen) atoms. The predicted molar refractivity (Wildman–Crippen MR) is 107 cm³/mol. The zero-order valence-electron chi connectivity index (χ0n) is 15.4. The van der Waals surface area contributed by atoms with Crippen LogP contribution in [0.4, 0.5) is 0 Å². The molecule has 0 aliphatic heterocycles.